The van der Waals surface area contributed by atoms with Crippen LogP contribution in [0.2, 0.25) is 0 Å². The smallest absolute Gasteiger partial charge is 0.0615 e. The van der Waals surface area contributed by atoms with E-state index in [9.17, 15) is 0 Å². The van der Waals surface area contributed by atoms with Crippen LogP contribution >= 0.6 is 33.3 Å². The van der Waals surface area contributed by atoms with Gasteiger partial charge in [-0.3, -0.25) is 0 Å². The monoisotopic (exact) mass is 180 g/mol. The van der Waals surface area contributed by atoms with Crippen molar-refractivity contribution >= 4 is 33.3 Å². The Kier molecular flexibility index (Phi) is 4.35. The van der Waals surface area contributed by atoms with Crippen molar-refractivity contribution in [3.05, 3.63) is 0 Å². The molecule has 0 amide bonds. The van der Waals surface area contributed by atoms with Crippen molar-refractivity contribution in [1.82, 2.24) is 0 Å². The Morgan fingerprint density at radius 1 is 1.56 bits per heavy atom. The highest BCUT2D eigenvalue weighted by Crippen LogP contribution is 2.46. The SMILES string of the molecule is CCCCC1SCSS1. The fraction of sp³-hybridized carbons (Fsp3) is 1.00. The first kappa shape index (κ1) is 8.15. The van der Waals surface area contributed by atoms with Crippen LogP contribution in [0, 0.1) is 0 Å². The van der Waals surface area contributed by atoms with Gasteiger partial charge in [-0.25, -0.2) is 0 Å². The Morgan fingerprint density at radius 3 is 3.00 bits per heavy atom. The lowest BCUT2D eigenvalue weighted by Crippen LogP contribution is -1.89. The molecule has 54 valence electrons. The minimum Gasteiger partial charge on any atom is -0.135 e. The molecule has 0 saturated carbocycles. The van der Waals surface area contributed by atoms with Crippen LogP contribution in [-0.2, 0) is 0 Å². The summed E-state index contributed by atoms with van der Waals surface area (Å²) in [7, 11) is 4.07. The van der Waals surface area contributed by atoms with Gasteiger partial charge in [0.25, 0.3) is 0 Å². The van der Waals surface area contributed by atoms with Gasteiger partial charge in [-0.05, 0) is 6.42 Å². The molecule has 1 rings (SSSR count). The topological polar surface area (TPSA) is 0 Å². The highest BCUT2D eigenvalue weighted by molar-refractivity contribution is 8.82. The van der Waals surface area contributed by atoms with Gasteiger partial charge in [0.15, 0.2) is 0 Å². The molecule has 1 aliphatic heterocycles. The van der Waals surface area contributed by atoms with E-state index in [0.717, 1.165) is 4.58 Å². The summed E-state index contributed by atoms with van der Waals surface area (Å²) >= 11 is 2.11. The highest BCUT2D eigenvalue weighted by Gasteiger charge is 2.15. The zero-order valence-corrected chi connectivity index (χ0v) is 8.08. The molecule has 1 atom stereocenters. The van der Waals surface area contributed by atoms with E-state index in [1.165, 1.54) is 24.3 Å². The predicted octanol–water partition coefficient (Wildman–Crippen LogP) is 3.59. The largest absolute Gasteiger partial charge is 0.135 e. The normalized spacial score (nSPS) is 27.0. The van der Waals surface area contributed by atoms with Crippen LogP contribution < -0.4 is 0 Å². The molecule has 0 aromatic rings. The Balaban J connectivity index is 1.98. The maximum Gasteiger partial charge on any atom is 0.0615 e. The third-order valence-electron chi connectivity index (χ3n) is 1.27. The number of thioether (sulfide) groups is 1. The van der Waals surface area contributed by atoms with E-state index in [1.54, 1.807) is 0 Å². The highest BCUT2D eigenvalue weighted by atomic mass is 33.1. The molecule has 1 fully saturated rings. The molecule has 0 aromatic heterocycles. The second-order valence-corrected chi connectivity index (χ2v) is 6.50. The van der Waals surface area contributed by atoms with Gasteiger partial charge in [0, 0.05) is 0 Å². The van der Waals surface area contributed by atoms with Crippen LogP contribution in [0.5, 0.6) is 0 Å². The van der Waals surface area contributed by atoms with E-state index in [4.69, 9.17) is 0 Å². The van der Waals surface area contributed by atoms with Crippen molar-refractivity contribution in [3.63, 3.8) is 0 Å². The summed E-state index contributed by atoms with van der Waals surface area (Å²) in [6.07, 6.45) is 4.17. The van der Waals surface area contributed by atoms with Gasteiger partial charge >= 0.3 is 0 Å². The van der Waals surface area contributed by atoms with E-state index >= 15 is 0 Å². The molecule has 1 unspecified atom stereocenters. The fourth-order valence-electron chi connectivity index (χ4n) is 0.737. The number of hydrogen-bond acceptors (Lipinski definition) is 3. The van der Waals surface area contributed by atoms with Gasteiger partial charge in [-0.2, -0.15) is 0 Å². The Labute approximate surface area is 69.3 Å². The molecule has 3 heteroatoms. The lowest BCUT2D eigenvalue weighted by atomic mass is 10.3. The van der Waals surface area contributed by atoms with Crippen LogP contribution in [0.1, 0.15) is 26.2 Å². The molecule has 1 heterocycles. The molecular formula is C6H12S3. The van der Waals surface area contributed by atoms with Crippen LogP contribution in [0.3, 0.4) is 0 Å². The van der Waals surface area contributed by atoms with Gasteiger partial charge in [0.1, 0.15) is 0 Å². The zero-order valence-electron chi connectivity index (χ0n) is 5.63. The van der Waals surface area contributed by atoms with E-state index < -0.39 is 0 Å². The summed E-state index contributed by atoms with van der Waals surface area (Å²) in [6, 6.07) is 0. The van der Waals surface area contributed by atoms with Gasteiger partial charge < -0.3 is 0 Å². The quantitative estimate of drug-likeness (QED) is 0.609. The van der Waals surface area contributed by atoms with Crippen LogP contribution in [0.15, 0.2) is 0 Å². The van der Waals surface area contributed by atoms with Crippen molar-refractivity contribution < 1.29 is 0 Å². The molecule has 0 nitrogen and oxygen atoms in total. The molecule has 0 N–H and O–H groups in total. The molecule has 0 spiro atoms. The van der Waals surface area contributed by atoms with Crippen molar-refractivity contribution in [2.45, 2.75) is 30.8 Å². The molecule has 0 aliphatic carbocycles. The molecular weight excluding hydrogens is 168 g/mol. The van der Waals surface area contributed by atoms with Crippen molar-refractivity contribution in [2.24, 2.45) is 0 Å². The third-order valence-corrected chi connectivity index (χ3v) is 6.43. The summed E-state index contributed by atoms with van der Waals surface area (Å²) in [6.45, 7) is 2.26. The maximum atomic E-state index is 2.26. The fourth-order valence-corrected chi connectivity index (χ4v) is 6.00. The summed E-state index contributed by atoms with van der Waals surface area (Å²) < 4.78 is 0.912. The van der Waals surface area contributed by atoms with Crippen LogP contribution in [0.4, 0.5) is 0 Å². The molecule has 0 bridgehead atoms. The minimum absolute atomic E-state index is 0.912. The first-order chi connectivity index (χ1) is 4.43. The number of rotatable bonds is 3. The van der Waals surface area contributed by atoms with E-state index in [-0.39, 0.29) is 0 Å². The molecule has 9 heavy (non-hydrogen) atoms. The molecule has 1 saturated heterocycles. The second-order valence-electron chi connectivity index (χ2n) is 2.07. The lowest BCUT2D eigenvalue weighted by molar-refractivity contribution is 0.765. The number of hydrogen-bond donors (Lipinski definition) is 0. The third kappa shape index (κ3) is 3.10. The zero-order chi connectivity index (χ0) is 6.53. The van der Waals surface area contributed by atoms with E-state index in [1.807, 2.05) is 10.8 Å². The van der Waals surface area contributed by atoms with Gasteiger partial charge in [-0.1, -0.05) is 41.4 Å². The van der Waals surface area contributed by atoms with E-state index in [2.05, 4.69) is 29.5 Å². The van der Waals surface area contributed by atoms with Gasteiger partial charge in [0.05, 0.1) is 9.67 Å². The van der Waals surface area contributed by atoms with Crippen molar-refractivity contribution in [1.29, 1.82) is 0 Å². The molecule has 0 aromatic carbocycles. The molecule has 1 aliphatic rings. The Bertz CT molecular complexity index is 68.7. The number of unbranched alkanes of at least 4 members (excludes halogenated alkanes) is 1. The second kappa shape index (κ2) is 4.80. The van der Waals surface area contributed by atoms with E-state index in [0.29, 0.717) is 0 Å². The average Bonchev–Trinajstić information content (AvgIpc) is 2.34. The average molecular weight is 180 g/mol. The standard InChI is InChI=1S/C6H12S3/c1-2-3-4-6-7-5-8-9-6/h6H,2-5H2,1H3. The minimum atomic E-state index is 0.912. The predicted molar refractivity (Wildman–Crippen MR) is 51.0 cm³/mol. The summed E-state index contributed by atoms with van der Waals surface area (Å²) in [5.74, 6) is 0. The lowest BCUT2D eigenvalue weighted by Gasteiger charge is -2.02. The Hall–Kier alpha value is 1.05. The van der Waals surface area contributed by atoms with Crippen LogP contribution in [0.25, 0.3) is 0 Å². The summed E-state index contributed by atoms with van der Waals surface area (Å²) in [4.78, 5) is 0. The first-order valence-corrected chi connectivity index (χ1v) is 6.76. The summed E-state index contributed by atoms with van der Waals surface area (Å²) in [5.41, 5.74) is 0. The van der Waals surface area contributed by atoms with Crippen molar-refractivity contribution in [3.8, 4) is 0 Å². The summed E-state index contributed by atoms with van der Waals surface area (Å²) in [5, 5.41) is 1.30. The van der Waals surface area contributed by atoms with Crippen LogP contribution in [-0.4, -0.2) is 9.67 Å². The van der Waals surface area contributed by atoms with Crippen molar-refractivity contribution in [2.75, 3.05) is 5.08 Å². The Morgan fingerprint density at radius 2 is 2.44 bits per heavy atom. The maximum absolute atomic E-state index is 2.26. The van der Waals surface area contributed by atoms with Gasteiger partial charge in [0.2, 0.25) is 0 Å². The molecule has 0 radical (unpaired) electrons. The van der Waals surface area contributed by atoms with Gasteiger partial charge in [-0.15, -0.1) is 11.8 Å². The first-order valence-electron chi connectivity index (χ1n) is 3.33.